The van der Waals surface area contributed by atoms with E-state index in [1.54, 1.807) is 4.90 Å². The van der Waals surface area contributed by atoms with Gasteiger partial charge in [-0.25, -0.2) is 0 Å². The molecule has 18 heavy (non-hydrogen) atoms. The predicted molar refractivity (Wildman–Crippen MR) is 69.9 cm³/mol. The Morgan fingerprint density at radius 2 is 1.72 bits per heavy atom. The van der Waals surface area contributed by atoms with E-state index in [1.807, 2.05) is 20.8 Å². The van der Waals surface area contributed by atoms with Gasteiger partial charge >= 0.3 is 0 Å². The highest BCUT2D eigenvalue weighted by atomic mass is 16.2. The third-order valence-corrected chi connectivity index (χ3v) is 4.95. The van der Waals surface area contributed by atoms with Crippen LogP contribution in [0.15, 0.2) is 0 Å². The molecule has 2 fully saturated rings. The summed E-state index contributed by atoms with van der Waals surface area (Å²) >= 11 is 0. The first kappa shape index (κ1) is 13.5. The van der Waals surface area contributed by atoms with Gasteiger partial charge in [-0.3, -0.25) is 14.5 Å². The molecule has 102 valence electrons. The van der Waals surface area contributed by atoms with Gasteiger partial charge in [0, 0.05) is 6.42 Å². The monoisotopic (exact) mass is 252 g/mol. The molecule has 0 aromatic heterocycles. The number of imide groups is 1. The van der Waals surface area contributed by atoms with Crippen molar-refractivity contribution in [1.82, 2.24) is 10.2 Å². The maximum Gasteiger partial charge on any atom is 0.236 e. The molecular formula is C14H24N2O2. The van der Waals surface area contributed by atoms with E-state index in [-0.39, 0.29) is 23.3 Å². The van der Waals surface area contributed by atoms with Gasteiger partial charge < -0.3 is 5.32 Å². The van der Waals surface area contributed by atoms with E-state index >= 15 is 0 Å². The Hall–Kier alpha value is -0.900. The van der Waals surface area contributed by atoms with E-state index in [4.69, 9.17) is 0 Å². The first-order chi connectivity index (χ1) is 8.31. The maximum absolute atomic E-state index is 12.7. The molecule has 1 unspecified atom stereocenters. The summed E-state index contributed by atoms with van der Waals surface area (Å²) in [6, 6.07) is 0. The average Bonchev–Trinajstić information content (AvgIpc) is 2.52. The second kappa shape index (κ2) is 4.34. The van der Waals surface area contributed by atoms with Crippen molar-refractivity contribution in [1.29, 1.82) is 0 Å². The van der Waals surface area contributed by atoms with Crippen LogP contribution in [0.1, 0.15) is 47.0 Å². The molecule has 1 atom stereocenters. The van der Waals surface area contributed by atoms with Gasteiger partial charge in [0.05, 0.1) is 11.0 Å². The molecule has 4 heteroatoms. The molecule has 0 radical (unpaired) electrons. The van der Waals surface area contributed by atoms with E-state index in [0.717, 1.165) is 25.9 Å². The topological polar surface area (TPSA) is 49.4 Å². The lowest BCUT2D eigenvalue weighted by atomic mass is 9.77. The minimum absolute atomic E-state index is 0.0144. The predicted octanol–water partition coefficient (Wildman–Crippen LogP) is 1.55. The third kappa shape index (κ3) is 1.87. The third-order valence-electron chi connectivity index (χ3n) is 4.95. The molecule has 0 aromatic carbocycles. The number of nitrogens with zero attached hydrogens (tertiary/aromatic N) is 1. The van der Waals surface area contributed by atoms with Crippen LogP contribution in [0.2, 0.25) is 0 Å². The van der Waals surface area contributed by atoms with Gasteiger partial charge in [0.15, 0.2) is 0 Å². The summed E-state index contributed by atoms with van der Waals surface area (Å²) in [6.07, 6.45) is 2.09. The van der Waals surface area contributed by atoms with E-state index in [0.29, 0.717) is 6.42 Å². The quantitative estimate of drug-likeness (QED) is 0.759. The fraction of sp³-hybridized carbons (Fsp3) is 0.857. The lowest BCUT2D eigenvalue weighted by molar-refractivity contribution is -0.149. The molecule has 2 saturated heterocycles. The van der Waals surface area contributed by atoms with Crippen molar-refractivity contribution in [2.75, 3.05) is 13.1 Å². The highest BCUT2D eigenvalue weighted by molar-refractivity contribution is 6.06. The fourth-order valence-electron chi connectivity index (χ4n) is 3.02. The minimum Gasteiger partial charge on any atom is -0.317 e. The van der Waals surface area contributed by atoms with Crippen LogP contribution in [0, 0.1) is 11.3 Å². The first-order valence-electron chi connectivity index (χ1n) is 6.89. The molecule has 1 N–H and O–H groups in total. The molecule has 0 aromatic rings. The van der Waals surface area contributed by atoms with Crippen LogP contribution in [0.5, 0.6) is 0 Å². The Labute approximate surface area is 109 Å². The average molecular weight is 252 g/mol. The second-order valence-electron chi connectivity index (χ2n) is 6.53. The number of hydrogen-bond donors (Lipinski definition) is 1. The molecule has 2 amide bonds. The SMILES string of the molecule is CC(C)C1(C)CC(=O)N(C2(C)CCNCC2)C1=O. The largest absolute Gasteiger partial charge is 0.317 e. The van der Waals surface area contributed by atoms with Crippen molar-refractivity contribution in [2.45, 2.75) is 52.5 Å². The minimum atomic E-state index is -0.509. The summed E-state index contributed by atoms with van der Waals surface area (Å²) in [6.45, 7) is 9.80. The summed E-state index contributed by atoms with van der Waals surface area (Å²) in [5.74, 6) is 0.247. The summed E-state index contributed by atoms with van der Waals surface area (Å²) < 4.78 is 0. The number of piperidine rings is 1. The van der Waals surface area contributed by atoms with Gasteiger partial charge in [-0.2, -0.15) is 0 Å². The van der Waals surface area contributed by atoms with Crippen molar-refractivity contribution in [3.8, 4) is 0 Å². The summed E-state index contributed by atoms with van der Waals surface area (Å²) in [5.41, 5.74) is -0.795. The number of rotatable bonds is 2. The van der Waals surface area contributed by atoms with Gasteiger partial charge in [-0.05, 0) is 45.7 Å². The first-order valence-corrected chi connectivity index (χ1v) is 6.89. The van der Waals surface area contributed by atoms with Crippen molar-refractivity contribution in [3.05, 3.63) is 0 Å². The Balaban J connectivity index is 2.29. The molecule has 4 nitrogen and oxygen atoms in total. The number of carbonyl (C=O) groups is 2. The zero-order valence-electron chi connectivity index (χ0n) is 11.9. The van der Waals surface area contributed by atoms with Crippen LogP contribution in [0.3, 0.4) is 0 Å². The lowest BCUT2D eigenvalue weighted by Gasteiger charge is -2.41. The van der Waals surface area contributed by atoms with Crippen LogP contribution in [0.4, 0.5) is 0 Å². The van der Waals surface area contributed by atoms with Crippen molar-refractivity contribution >= 4 is 11.8 Å². The van der Waals surface area contributed by atoms with Gasteiger partial charge in [0.2, 0.25) is 11.8 Å². The van der Waals surface area contributed by atoms with E-state index in [9.17, 15) is 9.59 Å². The normalized spacial score (nSPS) is 32.4. The zero-order valence-corrected chi connectivity index (χ0v) is 11.9. The molecule has 2 rings (SSSR count). The molecular weight excluding hydrogens is 228 g/mol. The molecule has 0 aliphatic carbocycles. The van der Waals surface area contributed by atoms with Crippen molar-refractivity contribution in [2.24, 2.45) is 11.3 Å². The lowest BCUT2D eigenvalue weighted by Crippen LogP contribution is -2.56. The fourth-order valence-corrected chi connectivity index (χ4v) is 3.02. The second-order valence-corrected chi connectivity index (χ2v) is 6.53. The summed E-state index contributed by atoms with van der Waals surface area (Å²) in [4.78, 5) is 26.5. The highest BCUT2D eigenvalue weighted by Crippen LogP contribution is 2.43. The summed E-state index contributed by atoms with van der Waals surface area (Å²) in [7, 11) is 0. The Bertz CT molecular complexity index is 372. The van der Waals surface area contributed by atoms with E-state index in [2.05, 4.69) is 12.2 Å². The smallest absolute Gasteiger partial charge is 0.236 e. The molecule has 0 saturated carbocycles. The molecule has 2 aliphatic rings. The molecule has 0 bridgehead atoms. The van der Waals surface area contributed by atoms with Crippen LogP contribution in [0.25, 0.3) is 0 Å². The Kier molecular flexibility index (Phi) is 3.26. The van der Waals surface area contributed by atoms with Crippen molar-refractivity contribution < 1.29 is 9.59 Å². The summed E-state index contributed by atoms with van der Waals surface area (Å²) in [5, 5.41) is 3.29. The van der Waals surface area contributed by atoms with E-state index in [1.165, 1.54) is 0 Å². The van der Waals surface area contributed by atoms with Gasteiger partial charge in [0.25, 0.3) is 0 Å². The Morgan fingerprint density at radius 3 is 2.17 bits per heavy atom. The number of amides is 2. The molecule has 2 aliphatic heterocycles. The number of nitrogens with one attached hydrogen (secondary N) is 1. The number of likely N-dealkylation sites (tertiary alicyclic amines) is 1. The van der Waals surface area contributed by atoms with Gasteiger partial charge in [-0.1, -0.05) is 13.8 Å². The van der Waals surface area contributed by atoms with E-state index < -0.39 is 5.41 Å². The Morgan fingerprint density at radius 1 is 1.17 bits per heavy atom. The van der Waals surface area contributed by atoms with Crippen LogP contribution >= 0.6 is 0 Å². The zero-order chi connectivity index (χ0) is 13.6. The molecule has 2 heterocycles. The van der Waals surface area contributed by atoms with Crippen LogP contribution < -0.4 is 5.32 Å². The van der Waals surface area contributed by atoms with Gasteiger partial charge in [-0.15, -0.1) is 0 Å². The van der Waals surface area contributed by atoms with Crippen LogP contribution in [-0.2, 0) is 9.59 Å². The molecule has 0 spiro atoms. The highest BCUT2D eigenvalue weighted by Gasteiger charge is 2.55. The van der Waals surface area contributed by atoms with Crippen LogP contribution in [-0.4, -0.2) is 35.3 Å². The van der Waals surface area contributed by atoms with Crippen molar-refractivity contribution in [3.63, 3.8) is 0 Å². The standard InChI is InChI=1S/C14H24N2O2/c1-10(2)14(4)9-11(17)16(12(14)18)13(3)5-7-15-8-6-13/h10,15H,5-9H2,1-4H3. The number of carbonyl (C=O) groups excluding carboxylic acids is 2. The maximum atomic E-state index is 12.7. The number of hydrogen-bond acceptors (Lipinski definition) is 3. The van der Waals surface area contributed by atoms with Gasteiger partial charge in [0.1, 0.15) is 0 Å².